The lowest BCUT2D eigenvalue weighted by Crippen LogP contribution is -2.38. The van der Waals surface area contributed by atoms with E-state index in [1.807, 2.05) is 18.0 Å². The minimum Gasteiger partial charge on any atom is -0.343 e. The first-order valence-electron chi connectivity index (χ1n) is 7.17. The number of nitrogens with zero attached hydrogens (tertiary/aromatic N) is 1. The lowest BCUT2D eigenvalue weighted by atomic mass is 9.94. The maximum Gasteiger partial charge on any atom is 0.222 e. The second-order valence-corrected chi connectivity index (χ2v) is 5.43. The Bertz CT molecular complexity index is 427. The van der Waals surface area contributed by atoms with Crippen molar-refractivity contribution in [3.63, 3.8) is 0 Å². The average Bonchev–Trinajstić information content (AvgIpc) is 2.45. The maximum atomic E-state index is 13.0. The molecule has 2 nitrogen and oxygen atoms in total. The third kappa shape index (κ3) is 4.05. The van der Waals surface area contributed by atoms with Crippen LogP contribution in [0.1, 0.15) is 44.1 Å². The molecule has 0 radical (unpaired) electrons. The Balaban J connectivity index is 1.83. The van der Waals surface area contributed by atoms with E-state index in [9.17, 15) is 9.18 Å². The molecule has 1 aromatic carbocycles. The van der Waals surface area contributed by atoms with Crippen LogP contribution in [0, 0.1) is 5.82 Å². The lowest BCUT2D eigenvalue weighted by Gasteiger charge is -2.31. The summed E-state index contributed by atoms with van der Waals surface area (Å²) in [5.74, 6) is -0.0539. The summed E-state index contributed by atoms with van der Waals surface area (Å²) in [5, 5.41) is 0. The van der Waals surface area contributed by atoms with Crippen LogP contribution in [0.3, 0.4) is 0 Å². The summed E-state index contributed by atoms with van der Waals surface area (Å²) in [4.78, 5) is 14.0. The average molecular weight is 263 g/mol. The Morgan fingerprint density at radius 1 is 1.32 bits per heavy atom. The van der Waals surface area contributed by atoms with Gasteiger partial charge in [0.25, 0.3) is 0 Å². The molecular weight excluding hydrogens is 241 g/mol. The fourth-order valence-electron chi connectivity index (χ4n) is 2.79. The number of rotatable bonds is 4. The number of hydrogen-bond acceptors (Lipinski definition) is 1. The molecule has 1 amide bonds. The quantitative estimate of drug-likeness (QED) is 0.813. The van der Waals surface area contributed by atoms with Crippen molar-refractivity contribution in [2.75, 3.05) is 7.05 Å². The van der Waals surface area contributed by atoms with Crippen molar-refractivity contribution < 1.29 is 9.18 Å². The topological polar surface area (TPSA) is 20.3 Å². The maximum absolute atomic E-state index is 13.0. The summed E-state index contributed by atoms with van der Waals surface area (Å²) in [6.07, 6.45) is 7.09. The molecule has 0 bridgehead atoms. The van der Waals surface area contributed by atoms with Gasteiger partial charge in [0.2, 0.25) is 5.91 Å². The second-order valence-electron chi connectivity index (χ2n) is 5.43. The molecule has 1 aliphatic rings. The third-order valence-corrected chi connectivity index (χ3v) is 4.03. The zero-order valence-electron chi connectivity index (χ0n) is 11.6. The predicted molar refractivity (Wildman–Crippen MR) is 74.4 cm³/mol. The number of amides is 1. The molecule has 1 saturated carbocycles. The Morgan fingerprint density at radius 3 is 2.74 bits per heavy atom. The third-order valence-electron chi connectivity index (χ3n) is 4.03. The van der Waals surface area contributed by atoms with Crippen molar-refractivity contribution in [1.82, 2.24) is 4.90 Å². The highest BCUT2D eigenvalue weighted by atomic mass is 19.1. The van der Waals surface area contributed by atoms with Gasteiger partial charge in [0.05, 0.1) is 0 Å². The molecule has 1 aromatic rings. The summed E-state index contributed by atoms with van der Waals surface area (Å²) < 4.78 is 13.0. The van der Waals surface area contributed by atoms with Crippen molar-refractivity contribution in [1.29, 1.82) is 0 Å². The Kier molecular flexibility index (Phi) is 4.94. The molecule has 1 fully saturated rings. The highest BCUT2D eigenvalue weighted by Crippen LogP contribution is 2.22. The van der Waals surface area contributed by atoms with E-state index >= 15 is 0 Å². The second kappa shape index (κ2) is 6.69. The lowest BCUT2D eigenvalue weighted by molar-refractivity contribution is -0.132. The molecular formula is C16H22FNO. The Hall–Kier alpha value is -1.38. The van der Waals surface area contributed by atoms with Crippen LogP contribution in [-0.2, 0) is 11.2 Å². The van der Waals surface area contributed by atoms with Crippen molar-refractivity contribution in [2.45, 2.75) is 51.0 Å². The van der Waals surface area contributed by atoms with Gasteiger partial charge in [-0.3, -0.25) is 4.79 Å². The molecule has 1 aliphatic carbocycles. The van der Waals surface area contributed by atoms with Gasteiger partial charge in [-0.05, 0) is 37.0 Å². The van der Waals surface area contributed by atoms with Crippen LogP contribution in [-0.4, -0.2) is 23.9 Å². The Morgan fingerprint density at radius 2 is 2.05 bits per heavy atom. The summed E-state index contributed by atoms with van der Waals surface area (Å²) in [7, 11) is 1.91. The molecule has 19 heavy (non-hydrogen) atoms. The largest absolute Gasteiger partial charge is 0.343 e. The van der Waals surface area contributed by atoms with Gasteiger partial charge in [0, 0.05) is 19.5 Å². The molecule has 0 unspecified atom stereocenters. The number of halogens is 1. The van der Waals surface area contributed by atoms with Crippen molar-refractivity contribution in [2.24, 2.45) is 0 Å². The van der Waals surface area contributed by atoms with E-state index in [-0.39, 0.29) is 11.7 Å². The number of benzene rings is 1. The van der Waals surface area contributed by atoms with E-state index in [4.69, 9.17) is 0 Å². The molecule has 0 saturated heterocycles. The Labute approximate surface area is 114 Å². The highest BCUT2D eigenvalue weighted by molar-refractivity contribution is 5.76. The normalized spacial score (nSPS) is 16.3. The first-order valence-corrected chi connectivity index (χ1v) is 7.17. The monoisotopic (exact) mass is 263 g/mol. The minimum absolute atomic E-state index is 0.177. The van der Waals surface area contributed by atoms with Crippen molar-refractivity contribution >= 4 is 5.91 Å². The molecule has 3 heteroatoms. The summed E-state index contributed by atoms with van der Waals surface area (Å²) in [5.41, 5.74) is 0.894. The van der Waals surface area contributed by atoms with E-state index < -0.39 is 0 Å². The SMILES string of the molecule is CN(C(=O)CCc1cccc(F)c1)C1CCCCC1. The van der Waals surface area contributed by atoms with E-state index in [2.05, 4.69) is 0 Å². The van der Waals surface area contributed by atoms with Gasteiger partial charge < -0.3 is 4.90 Å². The fourth-order valence-corrected chi connectivity index (χ4v) is 2.79. The van der Waals surface area contributed by atoms with Gasteiger partial charge in [-0.25, -0.2) is 4.39 Å². The molecule has 0 heterocycles. The number of hydrogen-bond donors (Lipinski definition) is 0. The first-order chi connectivity index (χ1) is 9.16. The molecule has 104 valence electrons. The van der Waals surface area contributed by atoms with Crippen LogP contribution < -0.4 is 0 Å². The number of carbonyl (C=O) groups is 1. The number of carbonyl (C=O) groups excluding carboxylic acids is 1. The van der Waals surface area contributed by atoms with Gasteiger partial charge >= 0.3 is 0 Å². The van der Waals surface area contributed by atoms with Crippen LogP contribution in [0.25, 0.3) is 0 Å². The van der Waals surface area contributed by atoms with E-state index in [0.717, 1.165) is 18.4 Å². The molecule has 2 rings (SSSR count). The van der Waals surface area contributed by atoms with Crippen LogP contribution in [0.15, 0.2) is 24.3 Å². The summed E-state index contributed by atoms with van der Waals surface area (Å²) in [6.45, 7) is 0. The molecule has 0 atom stereocenters. The minimum atomic E-state index is -0.231. The molecule has 0 N–H and O–H groups in total. The van der Waals surface area contributed by atoms with E-state index in [1.54, 1.807) is 6.07 Å². The van der Waals surface area contributed by atoms with Crippen LogP contribution >= 0.6 is 0 Å². The smallest absolute Gasteiger partial charge is 0.222 e. The van der Waals surface area contributed by atoms with Gasteiger partial charge in [-0.15, -0.1) is 0 Å². The first kappa shape index (κ1) is 14.0. The zero-order valence-corrected chi connectivity index (χ0v) is 11.6. The van der Waals surface area contributed by atoms with Gasteiger partial charge in [-0.1, -0.05) is 31.4 Å². The standard InChI is InChI=1S/C16H22FNO/c1-18(15-8-3-2-4-9-15)16(19)11-10-13-6-5-7-14(17)12-13/h5-7,12,15H,2-4,8-11H2,1H3. The zero-order chi connectivity index (χ0) is 13.7. The molecule has 0 spiro atoms. The van der Waals surface area contributed by atoms with Crippen LogP contribution in [0.5, 0.6) is 0 Å². The van der Waals surface area contributed by atoms with Gasteiger partial charge in [0.1, 0.15) is 5.82 Å². The predicted octanol–water partition coefficient (Wildman–Crippen LogP) is 3.55. The van der Waals surface area contributed by atoms with E-state index in [1.165, 1.54) is 31.4 Å². The highest BCUT2D eigenvalue weighted by Gasteiger charge is 2.21. The fraction of sp³-hybridized carbons (Fsp3) is 0.562. The van der Waals surface area contributed by atoms with Gasteiger partial charge in [-0.2, -0.15) is 0 Å². The van der Waals surface area contributed by atoms with Crippen molar-refractivity contribution in [3.05, 3.63) is 35.6 Å². The van der Waals surface area contributed by atoms with Crippen LogP contribution in [0.4, 0.5) is 4.39 Å². The number of aryl methyl sites for hydroxylation is 1. The molecule has 0 aromatic heterocycles. The van der Waals surface area contributed by atoms with E-state index in [0.29, 0.717) is 18.9 Å². The summed E-state index contributed by atoms with van der Waals surface area (Å²) in [6, 6.07) is 6.92. The van der Waals surface area contributed by atoms with Crippen molar-refractivity contribution in [3.8, 4) is 0 Å². The van der Waals surface area contributed by atoms with Gasteiger partial charge in [0.15, 0.2) is 0 Å². The molecule has 0 aliphatic heterocycles. The van der Waals surface area contributed by atoms with Crippen LogP contribution in [0.2, 0.25) is 0 Å². The summed E-state index contributed by atoms with van der Waals surface area (Å²) >= 11 is 0.